The highest BCUT2D eigenvalue weighted by molar-refractivity contribution is 6.35. The molecule has 1 heterocycles. The Labute approximate surface area is 90.5 Å². The van der Waals surface area contributed by atoms with E-state index in [1.54, 1.807) is 19.2 Å². The van der Waals surface area contributed by atoms with E-state index in [4.69, 9.17) is 11.6 Å². The van der Waals surface area contributed by atoms with Crippen molar-refractivity contribution in [2.75, 3.05) is 0 Å². The fourth-order valence-electron chi connectivity index (χ4n) is 1.61. The molecule has 4 nitrogen and oxygen atoms in total. The SMILES string of the molecule is Cn1c(=O)[nH]c2cc(CC=O)cc(Cl)c21. The Balaban J connectivity index is 2.78. The Morgan fingerprint density at radius 2 is 2.27 bits per heavy atom. The molecular formula is C10H9ClN2O2. The quantitative estimate of drug-likeness (QED) is 0.781. The van der Waals surface area contributed by atoms with E-state index in [9.17, 15) is 9.59 Å². The molecule has 2 rings (SSSR count). The lowest BCUT2D eigenvalue weighted by atomic mass is 10.1. The average Bonchev–Trinajstić information content (AvgIpc) is 2.43. The number of nitrogens with zero attached hydrogens (tertiary/aromatic N) is 1. The van der Waals surface area contributed by atoms with Gasteiger partial charge in [-0.05, 0) is 17.7 Å². The van der Waals surface area contributed by atoms with Crippen molar-refractivity contribution in [2.24, 2.45) is 7.05 Å². The molecule has 0 bridgehead atoms. The molecule has 15 heavy (non-hydrogen) atoms. The van der Waals surface area contributed by atoms with Gasteiger partial charge in [-0.1, -0.05) is 11.6 Å². The lowest BCUT2D eigenvalue weighted by molar-refractivity contribution is -0.107. The van der Waals surface area contributed by atoms with Gasteiger partial charge in [0.25, 0.3) is 0 Å². The number of nitrogens with one attached hydrogen (secondary N) is 1. The summed E-state index contributed by atoms with van der Waals surface area (Å²) in [5.74, 6) is 0. The molecule has 0 radical (unpaired) electrons. The maximum absolute atomic E-state index is 11.3. The van der Waals surface area contributed by atoms with Crippen molar-refractivity contribution in [3.05, 3.63) is 33.2 Å². The van der Waals surface area contributed by atoms with Crippen LogP contribution in [0.1, 0.15) is 5.56 Å². The van der Waals surface area contributed by atoms with Crippen LogP contribution in [0.3, 0.4) is 0 Å². The molecule has 0 amide bonds. The number of aldehydes is 1. The smallest absolute Gasteiger partial charge is 0.305 e. The summed E-state index contributed by atoms with van der Waals surface area (Å²) < 4.78 is 1.45. The van der Waals surface area contributed by atoms with Gasteiger partial charge in [-0.25, -0.2) is 4.79 Å². The first-order valence-electron chi connectivity index (χ1n) is 4.44. The van der Waals surface area contributed by atoms with E-state index in [1.807, 2.05) is 0 Å². The molecule has 2 aromatic rings. The predicted octanol–water partition coefficient (Wildman–Crippen LogP) is 1.26. The van der Waals surface area contributed by atoms with E-state index in [2.05, 4.69) is 4.98 Å². The third-order valence-electron chi connectivity index (χ3n) is 2.32. The molecule has 0 fully saturated rings. The van der Waals surface area contributed by atoms with Crippen molar-refractivity contribution in [3.8, 4) is 0 Å². The second kappa shape index (κ2) is 3.55. The van der Waals surface area contributed by atoms with Crippen molar-refractivity contribution in [1.29, 1.82) is 0 Å². The molecule has 78 valence electrons. The maximum Gasteiger partial charge on any atom is 0.326 e. The normalized spacial score (nSPS) is 10.8. The van der Waals surface area contributed by atoms with Crippen LogP contribution in [-0.4, -0.2) is 15.8 Å². The monoisotopic (exact) mass is 224 g/mol. The number of benzene rings is 1. The molecule has 1 N–H and O–H groups in total. The molecule has 5 heteroatoms. The highest BCUT2D eigenvalue weighted by atomic mass is 35.5. The second-order valence-corrected chi connectivity index (χ2v) is 3.74. The summed E-state index contributed by atoms with van der Waals surface area (Å²) in [6.45, 7) is 0. The van der Waals surface area contributed by atoms with Crippen molar-refractivity contribution in [3.63, 3.8) is 0 Å². The number of aryl methyl sites for hydroxylation is 1. The first-order valence-corrected chi connectivity index (χ1v) is 4.82. The van der Waals surface area contributed by atoms with Gasteiger partial charge in [-0.3, -0.25) is 4.57 Å². The van der Waals surface area contributed by atoms with E-state index in [0.29, 0.717) is 22.5 Å². The Morgan fingerprint density at radius 3 is 2.93 bits per heavy atom. The van der Waals surface area contributed by atoms with Crippen LogP contribution in [-0.2, 0) is 18.3 Å². The van der Waals surface area contributed by atoms with E-state index < -0.39 is 0 Å². The zero-order valence-electron chi connectivity index (χ0n) is 8.08. The molecular weight excluding hydrogens is 216 g/mol. The minimum atomic E-state index is -0.213. The van der Waals surface area contributed by atoms with Crippen molar-refractivity contribution in [2.45, 2.75) is 6.42 Å². The summed E-state index contributed by atoms with van der Waals surface area (Å²) in [6.07, 6.45) is 1.10. The largest absolute Gasteiger partial charge is 0.326 e. The average molecular weight is 225 g/mol. The lowest BCUT2D eigenvalue weighted by Crippen LogP contribution is -2.11. The molecule has 0 aliphatic rings. The summed E-state index contributed by atoms with van der Waals surface area (Å²) in [4.78, 5) is 24.4. The Bertz CT molecular complexity index is 583. The molecule has 0 unspecified atom stereocenters. The minimum absolute atomic E-state index is 0.213. The summed E-state index contributed by atoms with van der Waals surface area (Å²) in [5, 5.41) is 0.477. The molecule has 0 aliphatic heterocycles. The number of fused-ring (bicyclic) bond motifs is 1. The van der Waals surface area contributed by atoms with Crippen molar-refractivity contribution >= 4 is 28.9 Å². The first kappa shape index (κ1) is 9.98. The van der Waals surface area contributed by atoms with Crippen LogP contribution in [0.25, 0.3) is 11.0 Å². The van der Waals surface area contributed by atoms with Gasteiger partial charge in [-0.2, -0.15) is 0 Å². The van der Waals surface area contributed by atoms with Crippen molar-refractivity contribution < 1.29 is 4.79 Å². The Morgan fingerprint density at radius 1 is 1.53 bits per heavy atom. The summed E-state index contributed by atoms with van der Waals surface area (Å²) in [6, 6.07) is 3.46. The highest BCUT2D eigenvalue weighted by Gasteiger charge is 2.08. The molecule has 0 saturated heterocycles. The zero-order chi connectivity index (χ0) is 11.0. The van der Waals surface area contributed by atoms with Gasteiger partial charge in [0.05, 0.1) is 16.1 Å². The van der Waals surface area contributed by atoms with E-state index in [1.165, 1.54) is 4.57 Å². The van der Waals surface area contributed by atoms with Crippen LogP contribution < -0.4 is 5.69 Å². The lowest BCUT2D eigenvalue weighted by Gasteiger charge is -2.00. The van der Waals surface area contributed by atoms with Gasteiger partial charge in [0, 0.05) is 13.5 Å². The van der Waals surface area contributed by atoms with Gasteiger partial charge in [-0.15, -0.1) is 0 Å². The minimum Gasteiger partial charge on any atom is -0.305 e. The first-order chi connectivity index (χ1) is 7.13. The number of H-pyrrole nitrogens is 1. The fraction of sp³-hybridized carbons (Fsp3) is 0.200. The van der Waals surface area contributed by atoms with Gasteiger partial charge in [0.1, 0.15) is 6.29 Å². The number of carbonyl (C=O) groups excluding carboxylic acids is 1. The number of imidazole rings is 1. The Hall–Kier alpha value is -1.55. The molecule has 1 aromatic heterocycles. The standard InChI is InChI=1S/C10H9ClN2O2/c1-13-9-7(11)4-6(2-3-14)5-8(9)12-10(13)15/h3-5H,2H2,1H3,(H,12,15). The van der Waals surface area contributed by atoms with Crippen LogP contribution in [0, 0.1) is 0 Å². The van der Waals surface area contributed by atoms with E-state index in [-0.39, 0.29) is 5.69 Å². The highest BCUT2D eigenvalue weighted by Crippen LogP contribution is 2.22. The number of rotatable bonds is 2. The van der Waals surface area contributed by atoms with Gasteiger partial charge < -0.3 is 9.78 Å². The van der Waals surface area contributed by atoms with Crippen LogP contribution >= 0.6 is 11.6 Å². The fourth-order valence-corrected chi connectivity index (χ4v) is 1.97. The van der Waals surface area contributed by atoms with Gasteiger partial charge in [0.2, 0.25) is 0 Å². The van der Waals surface area contributed by atoms with Crippen LogP contribution in [0.2, 0.25) is 5.02 Å². The summed E-state index contributed by atoms with van der Waals surface area (Å²) in [5.41, 5.74) is 1.91. The number of halogens is 1. The number of aromatic amines is 1. The van der Waals surface area contributed by atoms with E-state index in [0.717, 1.165) is 11.8 Å². The molecule has 0 saturated carbocycles. The van der Waals surface area contributed by atoms with Crippen LogP contribution in [0.4, 0.5) is 0 Å². The third kappa shape index (κ3) is 1.57. The number of carbonyl (C=O) groups is 1. The molecule has 0 atom stereocenters. The molecule has 1 aromatic carbocycles. The van der Waals surface area contributed by atoms with Crippen LogP contribution in [0.15, 0.2) is 16.9 Å². The van der Waals surface area contributed by atoms with E-state index >= 15 is 0 Å². The Kier molecular flexibility index (Phi) is 2.36. The molecule has 0 aliphatic carbocycles. The predicted molar refractivity (Wildman–Crippen MR) is 58.3 cm³/mol. The number of hydrogen-bond acceptors (Lipinski definition) is 2. The maximum atomic E-state index is 11.3. The molecule has 0 spiro atoms. The summed E-state index contributed by atoms with van der Waals surface area (Å²) in [7, 11) is 1.65. The zero-order valence-corrected chi connectivity index (χ0v) is 8.84. The third-order valence-corrected chi connectivity index (χ3v) is 2.61. The topological polar surface area (TPSA) is 54.9 Å². The second-order valence-electron chi connectivity index (χ2n) is 3.33. The number of aromatic nitrogens is 2. The van der Waals surface area contributed by atoms with Gasteiger partial charge in [0.15, 0.2) is 0 Å². The summed E-state index contributed by atoms with van der Waals surface area (Å²) >= 11 is 6.02. The number of hydrogen-bond donors (Lipinski definition) is 1. The van der Waals surface area contributed by atoms with Gasteiger partial charge >= 0.3 is 5.69 Å². The van der Waals surface area contributed by atoms with Crippen molar-refractivity contribution in [1.82, 2.24) is 9.55 Å². The van der Waals surface area contributed by atoms with Crippen LogP contribution in [0.5, 0.6) is 0 Å².